The third-order valence-electron chi connectivity index (χ3n) is 3.51. The van der Waals surface area contributed by atoms with Gasteiger partial charge < -0.3 is 4.90 Å². The van der Waals surface area contributed by atoms with Gasteiger partial charge in [0.15, 0.2) is 0 Å². The lowest BCUT2D eigenvalue weighted by atomic mass is 10.2. The van der Waals surface area contributed by atoms with Crippen molar-refractivity contribution in [3.05, 3.63) is 35.0 Å². The standard InChI is InChI=1S/C15H21NOS/c1-3-5-13-9-14(13)15(17)16(7-4-2)10-12-6-8-18-11-12/h4,6,8,11,13-14H,2-3,5,7,9-10H2,1H3/t13-,14+/m0/s1. The molecule has 0 radical (unpaired) electrons. The topological polar surface area (TPSA) is 20.3 Å². The Morgan fingerprint density at radius 1 is 1.67 bits per heavy atom. The molecule has 0 aromatic carbocycles. The van der Waals surface area contributed by atoms with Crippen LogP contribution in [-0.2, 0) is 11.3 Å². The highest BCUT2D eigenvalue weighted by molar-refractivity contribution is 7.07. The predicted octanol–water partition coefficient (Wildman–Crippen LogP) is 3.70. The van der Waals surface area contributed by atoms with Gasteiger partial charge >= 0.3 is 0 Å². The molecule has 1 heterocycles. The van der Waals surface area contributed by atoms with Crippen molar-refractivity contribution < 1.29 is 4.79 Å². The second-order valence-electron chi connectivity index (χ2n) is 5.03. The highest BCUT2D eigenvalue weighted by Crippen LogP contribution is 2.43. The molecule has 0 N–H and O–H groups in total. The van der Waals surface area contributed by atoms with Crippen molar-refractivity contribution in [2.75, 3.05) is 6.54 Å². The van der Waals surface area contributed by atoms with Crippen LogP contribution in [0, 0.1) is 11.8 Å². The molecule has 1 aliphatic carbocycles. The molecule has 1 amide bonds. The van der Waals surface area contributed by atoms with Crippen molar-refractivity contribution in [1.29, 1.82) is 0 Å². The van der Waals surface area contributed by atoms with Gasteiger partial charge in [0.1, 0.15) is 0 Å². The molecular formula is C15H21NOS. The summed E-state index contributed by atoms with van der Waals surface area (Å²) in [6.45, 7) is 7.33. The van der Waals surface area contributed by atoms with Gasteiger partial charge in [0.25, 0.3) is 0 Å². The fourth-order valence-electron chi connectivity index (χ4n) is 2.47. The third kappa shape index (κ3) is 3.22. The summed E-state index contributed by atoms with van der Waals surface area (Å²) in [6.07, 6.45) is 5.28. The van der Waals surface area contributed by atoms with Gasteiger partial charge in [-0.05, 0) is 41.1 Å². The first-order valence-electron chi connectivity index (χ1n) is 6.67. The van der Waals surface area contributed by atoms with Crippen molar-refractivity contribution in [1.82, 2.24) is 4.90 Å². The van der Waals surface area contributed by atoms with E-state index in [2.05, 4.69) is 30.3 Å². The van der Waals surface area contributed by atoms with Crippen LogP contribution in [0.3, 0.4) is 0 Å². The monoisotopic (exact) mass is 263 g/mol. The zero-order valence-corrected chi connectivity index (χ0v) is 11.8. The second-order valence-corrected chi connectivity index (χ2v) is 5.81. The van der Waals surface area contributed by atoms with Gasteiger partial charge in [-0.15, -0.1) is 6.58 Å². The van der Waals surface area contributed by atoms with E-state index in [1.165, 1.54) is 18.4 Å². The van der Waals surface area contributed by atoms with E-state index in [0.29, 0.717) is 18.4 Å². The molecule has 1 aliphatic rings. The fourth-order valence-corrected chi connectivity index (χ4v) is 3.13. The van der Waals surface area contributed by atoms with Crippen LogP contribution < -0.4 is 0 Å². The van der Waals surface area contributed by atoms with Gasteiger partial charge in [-0.25, -0.2) is 0 Å². The first-order valence-corrected chi connectivity index (χ1v) is 7.61. The van der Waals surface area contributed by atoms with Gasteiger partial charge in [0.05, 0.1) is 0 Å². The quantitative estimate of drug-likeness (QED) is 0.687. The van der Waals surface area contributed by atoms with E-state index in [1.54, 1.807) is 11.3 Å². The van der Waals surface area contributed by atoms with Crippen LogP contribution in [-0.4, -0.2) is 17.4 Å². The number of carbonyl (C=O) groups excluding carboxylic acids is 1. The van der Waals surface area contributed by atoms with Crippen molar-refractivity contribution in [3.8, 4) is 0 Å². The number of nitrogens with zero attached hydrogens (tertiary/aromatic N) is 1. The van der Waals surface area contributed by atoms with E-state index in [9.17, 15) is 4.79 Å². The Balaban J connectivity index is 1.93. The summed E-state index contributed by atoms with van der Waals surface area (Å²) >= 11 is 1.68. The van der Waals surface area contributed by atoms with E-state index < -0.39 is 0 Å². The highest BCUT2D eigenvalue weighted by atomic mass is 32.1. The lowest BCUT2D eigenvalue weighted by Crippen LogP contribution is -2.32. The molecular weight excluding hydrogens is 242 g/mol. The maximum Gasteiger partial charge on any atom is 0.226 e. The van der Waals surface area contributed by atoms with Gasteiger partial charge in [0.2, 0.25) is 5.91 Å². The summed E-state index contributed by atoms with van der Waals surface area (Å²) in [7, 11) is 0. The molecule has 1 aromatic rings. The number of thiophene rings is 1. The largest absolute Gasteiger partial charge is 0.334 e. The molecule has 2 nitrogen and oxygen atoms in total. The lowest BCUT2D eigenvalue weighted by Gasteiger charge is -2.21. The summed E-state index contributed by atoms with van der Waals surface area (Å²) in [4.78, 5) is 14.3. The van der Waals surface area contributed by atoms with Crippen molar-refractivity contribution in [2.24, 2.45) is 11.8 Å². The summed E-state index contributed by atoms with van der Waals surface area (Å²) in [5.41, 5.74) is 1.22. The highest BCUT2D eigenvalue weighted by Gasteiger charge is 2.43. The van der Waals surface area contributed by atoms with Gasteiger partial charge in [0, 0.05) is 19.0 Å². The number of carbonyl (C=O) groups is 1. The fraction of sp³-hybridized carbons (Fsp3) is 0.533. The molecule has 0 bridgehead atoms. The Labute approximate surface area is 113 Å². The van der Waals surface area contributed by atoms with E-state index in [1.807, 2.05) is 11.0 Å². The molecule has 1 fully saturated rings. The summed E-state index contributed by atoms with van der Waals surface area (Å²) in [5.74, 6) is 1.24. The van der Waals surface area contributed by atoms with E-state index >= 15 is 0 Å². The van der Waals surface area contributed by atoms with Crippen molar-refractivity contribution in [3.63, 3.8) is 0 Å². The first kappa shape index (κ1) is 13.3. The smallest absolute Gasteiger partial charge is 0.226 e. The maximum absolute atomic E-state index is 12.4. The Bertz CT molecular complexity index is 399. The molecule has 0 aliphatic heterocycles. The zero-order valence-electron chi connectivity index (χ0n) is 11.0. The molecule has 0 unspecified atom stereocenters. The molecule has 98 valence electrons. The van der Waals surface area contributed by atoms with Crippen LogP contribution in [0.2, 0.25) is 0 Å². The average Bonchev–Trinajstić information content (AvgIpc) is 2.93. The Hall–Kier alpha value is -1.09. The lowest BCUT2D eigenvalue weighted by molar-refractivity contribution is -0.133. The van der Waals surface area contributed by atoms with Crippen LogP contribution in [0.1, 0.15) is 31.7 Å². The first-order chi connectivity index (χ1) is 8.76. The van der Waals surface area contributed by atoms with Crippen molar-refractivity contribution >= 4 is 17.2 Å². The Morgan fingerprint density at radius 3 is 3.11 bits per heavy atom. The second kappa shape index (κ2) is 6.19. The van der Waals surface area contributed by atoms with Crippen LogP contribution in [0.4, 0.5) is 0 Å². The van der Waals surface area contributed by atoms with E-state index in [4.69, 9.17) is 0 Å². The minimum Gasteiger partial charge on any atom is -0.334 e. The molecule has 1 saturated carbocycles. The number of rotatable bonds is 7. The van der Waals surface area contributed by atoms with E-state index in [-0.39, 0.29) is 5.92 Å². The van der Waals surface area contributed by atoms with E-state index in [0.717, 1.165) is 13.0 Å². The molecule has 1 aromatic heterocycles. The van der Waals surface area contributed by atoms with Gasteiger partial charge in [-0.2, -0.15) is 11.3 Å². The number of amides is 1. The zero-order chi connectivity index (χ0) is 13.0. The summed E-state index contributed by atoms with van der Waals surface area (Å²) in [5, 5.41) is 4.17. The minimum absolute atomic E-state index is 0.281. The number of hydrogen-bond donors (Lipinski definition) is 0. The average molecular weight is 263 g/mol. The SMILES string of the molecule is C=CCN(Cc1ccsc1)C(=O)[C@@H]1C[C@@H]1CCC. The normalized spacial score (nSPS) is 21.6. The molecule has 3 heteroatoms. The van der Waals surface area contributed by atoms with Crippen LogP contribution in [0.15, 0.2) is 29.5 Å². The molecule has 18 heavy (non-hydrogen) atoms. The molecule has 2 rings (SSSR count). The molecule has 0 saturated heterocycles. The maximum atomic E-state index is 12.4. The number of hydrogen-bond acceptors (Lipinski definition) is 2. The van der Waals surface area contributed by atoms with Crippen LogP contribution in [0.5, 0.6) is 0 Å². The van der Waals surface area contributed by atoms with Gasteiger partial charge in [-0.1, -0.05) is 19.4 Å². The van der Waals surface area contributed by atoms with Crippen LogP contribution in [0.25, 0.3) is 0 Å². The minimum atomic E-state index is 0.281. The predicted molar refractivity (Wildman–Crippen MR) is 76.4 cm³/mol. The van der Waals surface area contributed by atoms with Crippen molar-refractivity contribution in [2.45, 2.75) is 32.7 Å². The Morgan fingerprint density at radius 2 is 2.50 bits per heavy atom. The van der Waals surface area contributed by atoms with Gasteiger partial charge in [-0.3, -0.25) is 4.79 Å². The third-order valence-corrected chi connectivity index (χ3v) is 4.25. The molecule has 2 atom stereocenters. The Kier molecular flexibility index (Phi) is 4.59. The van der Waals surface area contributed by atoms with Crippen LogP contribution >= 0.6 is 11.3 Å². The summed E-state index contributed by atoms with van der Waals surface area (Å²) in [6, 6.07) is 2.09. The molecule has 0 spiro atoms. The summed E-state index contributed by atoms with van der Waals surface area (Å²) < 4.78 is 0.